The second kappa shape index (κ2) is 4.54. The Labute approximate surface area is 104 Å². The number of carboxylic acids is 1. The number of benzene rings is 1. The van der Waals surface area contributed by atoms with E-state index < -0.39 is 18.2 Å². The number of halogens is 1. The lowest BCUT2D eigenvalue weighted by Crippen LogP contribution is -2.26. The molecule has 0 fully saturated rings. The molecule has 88 valence electrons. The van der Waals surface area contributed by atoms with Gasteiger partial charge >= 0.3 is 11.7 Å². The molecule has 1 aromatic carbocycles. The van der Waals surface area contributed by atoms with Crippen LogP contribution in [0.3, 0.4) is 0 Å². The minimum Gasteiger partial charge on any atom is -0.480 e. The second-order valence-electron chi connectivity index (χ2n) is 3.31. The van der Waals surface area contributed by atoms with Gasteiger partial charge in [-0.05, 0) is 24.3 Å². The van der Waals surface area contributed by atoms with E-state index >= 15 is 0 Å². The van der Waals surface area contributed by atoms with Crippen molar-refractivity contribution in [2.24, 2.45) is 0 Å². The van der Waals surface area contributed by atoms with Gasteiger partial charge in [0.15, 0.2) is 0 Å². The molecule has 0 unspecified atom stereocenters. The quantitative estimate of drug-likeness (QED) is 0.912. The number of rotatable bonds is 3. The summed E-state index contributed by atoms with van der Waals surface area (Å²) in [6, 6.07) is 7.04. The highest BCUT2D eigenvalue weighted by molar-refractivity contribution is 9.10. The van der Waals surface area contributed by atoms with Crippen molar-refractivity contribution in [3.63, 3.8) is 0 Å². The standard InChI is InChI=1S/C10H8BrN3O3/c11-7-1-3-8(4-2-7)13-6-12-14(10(13)17)5-9(15)16/h1-4,6H,5H2,(H,15,16). The summed E-state index contributed by atoms with van der Waals surface area (Å²) < 4.78 is 3.08. The van der Waals surface area contributed by atoms with Gasteiger partial charge in [0.2, 0.25) is 0 Å². The molecule has 0 bridgehead atoms. The molecular weight excluding hydrogens is 290 g/mol. The summed E-state index contributed by atoms with van der Waals surface area (Å²) in [5.74, 6) is -1.10. The van der Waals surface area contributed by atoms with Gasteiger partial charge in [0.25, 0.3) is 0 Å². The van der Waals surface area contributed by atoms with Crippen LogP contribution < -0.4 is 5.69 Å². The van der Waals surface area contributed by atoms with Crippen molar-refractivity contribution in [1.29, 1.82) is 0 Å². The summed E-state index contributed by atoms with van der Waals surface area (Å²) >= 11 is 3.29. The summed E-state index contributed by atoms with van der Waals surface area (Å²) in [4.78, 5) is 22.3. The molecule has 0 saturated carbocycles. The highest BCUT2D eigenvalue weighted by Gasteiger charge is 2.09. The van der Waals surface area contributed by atoms with E-state index in [0.29, 0.717) is 5.69 Å². The zero-order valence-electron chi connectivity index (χ0n) is 8.58. The molecule has 1 aromatic heterocycles. The lowest BCUT2D eigenvalue weighted by Gasteiger charge is -1.99. The van der Waals surface area contributed by atoms with E-state index in [1.165, 1.54) is 10.9 Å². The molecule has 2 rings (SSSR count). The fourth-order valence-corrected chi connectivity index (χ4v) is 1.62. The smallest absolute Gasteiger partial charge is 0.350 e. The van der Waals surface area contributed by atoms with Gasteiger partial charge in [-0.25, -0.2) is 14.0 Å². The Balaban J connectivity index is 2.40. The van der Waals surface area contributed by atoms with Crippen molar-refractivity contribution in [3.05, 3.63) is 45.5 Å². The topological polar surface area (TPSA) is 77.1 Å². The van der Waals surface area contributed by atoms with Gasteiger partial charge < -0.3 is 5.11 Å². The molecule has 0 atom stereocenters. The van der Waals surface area contributed by atoms with Crippen molar-refractivity contribution in [3.8, 4) is 5.69 Å². The lowest BCUT2D eigenvalue weighted by molar-refractivity contribution is -0.137. The van der Waals surface area contributed by atoms with E-state index in [4.69, 9.17) is 5.11 Å². The number of hydrogen-bond donors (Lipinski definition) is 1. The Morgan fingerprint density at radius 2 is 2.00 bits per heavy atom. The Hall–Kier alpha value is -1.89. The predicted octanol–water partition coefficient (Wildman–Crippen LogP) is 0.881. The van der Waals surface area contributed by atoms with Crippen LogP contribution >= 0.6 is 15.9 Å². The number of carboxylic acid groups (broad SMARTS) is 1. The first-order valence-electron chi connectivity index (χ1n) is 4.70. The third-order valence-electron chi connectivity index (χ3n) is 2.12. The van der Waals surface area contributed by atoms with Gasteiger partial charge in [-0.1, -0.05) is 15.9 Å². The summed E-state index contributed by atoms with van der Waals surface area (Å²) in [7, 11) is 0. The van der Waals surface area contributed by atoms with E-state index in [9.17, 15) is 9.59 Å². The fraction of sp³-hybridized carbons (Fsp3) is 0.100. The fourth-order valence-electron chi connectivity index (χ4n) is 1.35. The van der Waals surface area contributed by atoms with Crippen LogP contribution in [-0.2, 0) is 11.3 Å². The van der Waals surface area contributed by atoms with Crippen LogP contribution in [0.15, 0.2) is 39.9 Å². The van der Waals surface area contributed by atoms with Crippen LogP contribution in [0.2, 0.25) is 0 Å². The van der Waals surface area contributed by atoms with Gasteiger partial charge in [0.1, 0.15) is 12.9 Å². The Morgan fingerprint density at radius 1 is 1.35 bits per heavy atom. The van der Waals surface area contributed by atoms with Crippen molar-refractivity contribution < 1.29 is 9.90 Å². The monoisotopic (exact) mass is 297 g/mol. The largest absolute Gasteiger partial charge is 0.480 e. The summed E-state index contributed by atoms with van der Waals surface area (Å²) in [6.45, 7) is -0.442. The number of aliphatic carboxylic acids is 1. The van der Waals surface area contributed by atoms with Gasteiger partial charge in [-0.3, -0.25) is 4.79 Å². The van der Waals surface area contributed by atoms with Crippen molar-refractivity contribution in [2.45, 2.75) is 6.54 Å². The molecule has 0 aliphatic heterocycles. The van der Waals surface area contributed by atoms with Crippen molar-refractivity contribution in [1.82, 2.24) is 14.3 Å². The van der Waals surface area contributed by atoms with E-state index in [-0.39, 0.29) is 0 Å². The molecular formula is C10H8BrN3O3. The second-order valence-corrected chi connectivity index (χ2v) is 4.23. The van der Waals surface area contributed by atoms with Gasteiger partial charge in [0, 0.05) is 4.47 Å². The molecule has 1 heterocycles. The average molecular weight is 298 g/mol. The maximum absolute atomic E-state index is 11.8. The molecule has 0 aliphatic rings. The maximum atomic E-state index is 11.8. The minimum absolute atomic E-state index is 0.442. The third-order valence-corrected chi connectivity index (χ3v) is 2.65. The van der Waals surface area contributed by atoms with Crippen LogP contribution in [0.25, 0.3) is 5.69 Å². The molecule has 1 N–H and O–H groups in total. The predicted molar refractivity (Wildman–Crippen MR) is 63.2 cm³/mol. The molecule has 0 aliphatic carbocycles. The summed E-state index contributed by atoms with van der Waals surface area (Å²) in [5, 5.41) is 12.3. The lowest BCUT2D eigenvalue weighted by atomic mass is 10.3. The minimum atomic E-state index is -1.10. The first-order valence-corrected chi connectivity index (χ1v) is 5.49. The molecule has 6 nitrogen and oxygen atoms in total. The number of aromatic nitrogens is 3. The van der Waals surface area contributed by atoms with Crippen molar-refractivity contribution in [2.75, 3.05) is 0 Å². The third kappa shape index (κ3) is 2.44. The first-order chi connectivity index (χ1) is 8.08. The normalized spacial score (nSPS) is 10.4. The highest BCUT2D eigenvalue weighted by atomic mass is 79.9. The average Bonchev–Trinajstić information content (AvgIpc) is 2.61. The Kier molecular flexibility index (Phi) is 3.10. The molecule has 7 heteroatoms. The number of hydrogen-bond acceptors (Lipinski definition) is 3. The molecule has 0 radical (unpaired) electrons. The van der Waals surface area contributed by atoms with Crippen LogP contribution in [0.1, 0.15) is 0 Å². The molecule has 2 aromatic rings. The van der Waals surface area contributed by atoms with E-state index in [1.54, 1.807) is 24.3 Å². The zero-order chi connectivity index (χ0) is 12.4. The maximum Gasteiger partial charge on any atom is 0.350 e. The Bertz CT molecular complexity index is 600. The van der Waals surface area contributed by atoms with Gasteiger partial charge in [-0.2, -0.15) is 5.10 Å². The molecule has 17 heavy (non-hydrogen) atoms. The van der Waals surface area contributed by atoms with Crippen LogP contribution in [-0.4, -0.2) is 25.4 Å². The Morgan fingerprint density at radius 3 is 2.59 bits per heavy atom. The highest BCUT2D eigenvalue weighted by Crippen LogP contribution is 2.12. The number of carbonyl (C=O) groups is 1. The van der Waals surface area contributed by atoms with Crippen molar-refractivity contribution >= 4 is 21.9 Å². The van der Waals surface area contributed by atoms with Gasteiger partial charge in [0.05, 0.1) is 5.69 Å². The SMILES string of the molecule is O=C(O)Cn1ncn(-c2ccc(Br)cc2)c1=O. The summed E-state index contributed by atoms with van der Waals surface area (Å²) in [6.07, 6.45) is 1.30. The van der Waals surface area contributed by atoms with Crippen LogP contribution in [0.4, 0.5) is 0 Å². The van der Waals surface area contributed by atoms with Crippen LogP contribution in [0, 0.1) is 0 Å². The number of nitrogens with zero attached hydrogens (tertiary/aromatic N) is 3. The first kappa shape index (κ1) is 11.6. The molecule has 0 spiro atoms. The van der Waals surface area contributed by atoms with E-state index in [0.717, 1.165) is 9.15 Å². The zero-order valence-corrected chi connectivity index (χ0v) is 10.2. The van der Waals surface area contributed by atoms with Crippen LogP contribution in [0.5, 0.6) is 0 Å². The van der Waals surface area contributed by atoms with E-state index in [1.807, 2.05) is 0 Å². The summed E-state index contributed by atoms with van der Waals surface area (Å²) in [5.41, 5.74) is 0.157. The molecule has 0 saturated heterocycles. The van der Waals surface area contributed by atoms with Gasteiger partial charge in [-0.15, -0.1) is 0 Å². The molecule has 0 amide bonds. The van der Waals surface area contributed by atoms with E-state index in [2.05, 4.69) is 21.0 Å².